The van der Waals surface area contributed by atoms with Gasteiger partial charge in [-0.1, -0.05) is 30.3 Å². The minimum Gasteiger partial charge on any atom is -0.271 e. The minimum atomic E-state index is 0.213. The van der Waals surface area contributed by atoms with Crippen LogP contribution >= 0.6 is 0 Å². The largest absolute Gasteiger partial charge is 0.271 e. The van der Waals surface area contributed by atoms with Crippen LogP contribution < -0.4 is 11.3 Å². The summed E-state index contributed by atoms with van der Waals surface area (Å²) in [5, 5.41) is 0. The molecule has 0 bridgehead atoms. The Balaban J connectivity index is 2.51. The lowest BCUT2D eigenvalue weighted by molar-refractivity contribution is 0.502. The van der Waals surface area contributed by atoms with E-state index in [2.05, 4.69) is 23.5 Å². The van der Waals surface area contributed by atoms with Crippen molar-refractivity contribution in [2.75, 3.05) is 0 Å². The van der Waals surface area contributed by atoms with E-state index < -0.39 is 0 Å². The molecule has 74 valence electrons. The van der Waals surface area contributed by atoms with Gasteiger partial charge in [-0.2, -0.15) is 0 Å². The highest BCUT2D eigenvalue weighted by Gasteiger charge is 2.07. The zero-order valence-electron chi connectivity index (χ0n) is 8.24. The predicted molar refractivity (Wildman–Crippen MR) is 59.2 cm³/mol. The summed E-state index contributed by atoms with van der Waals surface area (Å²) in [5.41, 5.74) is 4.02. The lowest BCUT2D eigenvalue weighted by atomic mass is 10.0. The Morgan fingerprint density at radius 2 is 2.07 bits per heavy atom. The van der Waals surface area contributed by atoms with Crippen molar-refractivity contribution in [2.45, 2.75) is 25.3 Å². The molecule has 14 heavy (non-hydrogen) atoms. The summed E-state index contributed by atoms with van der Waals surface area (Å²) in [4.78, 5) is 0. The number of benzene rings is 1. The van der Waals surface area contributed by atoms with Gasteiger partial charge in [0, 0.05) is 12.5 Å². The zero-order valence-corrected chi connectivity index (χ0v) is 8.24. The van der Waals surface area contributed by atoms with E-state index in [1.54, 1.807) is 0 Å². The molecule has 1 aromatic carbocycles. The Labute approximate surface area is 85.5 Å². The first-order valence-corrected chi connectivity index (χ1v) is 4.83. The topological polar surface area (TPSA) is 38.0 Å². The van der Waals surface area contributed by atoms with Gasteiger partial charge in [0.1, 0.15) is 0 Å². The fourth-order valence-electron chi connectivity index (χ4n) is 1.44. The van der Waals surface area contributed by atoms with Gasteiger partial charge in [-0.05, 0) is 18.4 Å². The van der Waals surface area contributed by atoms with E-state index in [1.807, 2.05) is 18.2 Å². The van der Waals surface area contributed by atoms with E-state index in [0.717, 1.165) is 19.3 Å². The average molecular weight is 188 g/mol. The minimum absolute atomic E-state index is 0.213. The second-order valence-electron chi connectivity index (χ2n) is 3.23. The van der Waals surface area contributed by atoms with Gasteiger partial charge in [-0.3, -0.25) is 11.3 Å². The SMILES string of the molecule is C#CCCCC(NN)c1ccccc1. The van der Waals surface area contributed by atoms with Crippen LogP contribution in [0.15, 0.2) is 30.3 Å². The molecule has 0 amide bonds. The van der Waals surface area contributed by atoms with Crippen LogP contribution in [0.1, 0.15) is 30.9 Å². The Bertz CT molecular complexity index is 287. The molecule has 1 rings (SSSR count). The molecule has 0 heterocycles. The summed E-state index contributed by atoms with van der Waals surface area (Å²) in [7, 11) is 0. The maximum absolute atomic E-state index is 5.49. The molecule has 1 atom stereocenters. The maximum Gasteiger partial charge on any atom is 0.0460 e. The third-order valence-corrected chi connectivity index (χ3v) is 2.22. The van der Waals surface area contributed by atoms with Crippen LogP contribution in [0.3, 0.4) is 0 Å². The van der Waals surface area contributed by atoms with Crippen molar-refractivity contribution in [3.63, 3.8) is 0 Å². The van der Waals surface area contributed by atoms with Crippen LogP contribution in [0, 0.1) is 12.3 Å². The number of hydrogen-bond donors (Lipinski definition) is 2. The number of rotatable bonds is 5. The summed E-state index contributed by atoms with van der Waals surface area (Å²) in [6, 6.07) is 10.4. The molecular weight excluding hydrogens is 172 g/mol. The fourth-order valence-corrected chi connectivity index (χ4v) is 1.44. The van der Waals surface area contributed by atoms with E-state index in [-0.39, 0.29) is 6.04 Å². The van der Waals surface area contributed by atoms with Crippen LogP contribution in [0.25, 0.3) is 0 Å². The van der Waals surface area contributed by atoms with Crippen LogP contribution in [0.4, 0.5) is 0 Å². The van der Waals surface area contributed by atoms with Gasteiger partial charge < -0.3 is 0 Å². The van der Waals surface area contributed by atoms with Gasteiger partial charge in [0.05, 0.1) is 0 Å². The normalized spacial score (nSPS) is 12.0. The van der Waals surface area contributed by atoms with Crippen molar-refractivity contribution in [1.29, 1.82) is 0 Å². The maximum atomic E-state index is 5.49. The second kappa shape index (κ2) is 6.20. The Morgan fingerprint density at radius 1 is 1.36 bits per heavy atom. The summed E-state index contributed by atoms with van der Waals surface area (Å²) in [6.45, 7) is 0. The predicted octanol–water partition coefficient (Wildman–Crippen LogP) is 1.99. The summed E-state index contributed by atoms with van der Waals surface area (Å²) in [6.07, 6.45) is 7.98. The molecule has 3 N–H and O–H groups in total. The molecule has 1 unspecified atom stereocenters. The summed E-state index contributed by atoms with van der Waals surface area (Å²) >= 11 is 0. The third-order valence-electron chi connectivity index (χ3n) is 2.22. The molecule has 0 saturated heterocycles. The molecule has 0 spiro atoms. The molecule has 0 fully saturated rings. The lowest BCUT2D eigenvalue weighted by Gasteiger charge is -2.15. The standard InChI is InChI=1S/C12H16N2/c1-2-3-5-10-12(14-13)11-8-6-4-7-9-11/h1,4,6-9,12,14H,3,5,10,13H2. The molecule has 2 nitrogen and oxygen atoms in total. The number of unbranched alkanes of at least 4 members (excludes halogenated alkanes) is 1. The molecule has 0 aliphatic heterocycles. The van der Waals surface area contributed by atoms with E-state index in [4.69, 9.17) is 12.3 Å². The Morgan fingerprint density at radius 3 is 2.64 bits per heavy atom. The van der Waals surface area contributed by atoms with Crippen LogP contribution in [0.2, 0.25) is 0 Å². The van der Waals surface area contributed by atoms with Crippen LogP contribution in [0.5, 0.6) is 0 Å². The number of hydrogen-bond acceptors (Lipinski definition) is 2. The summed E-state index contributed by atoms with van der Waals surface area (Å²) < 4.78 is 0. The highest BCUT2D eigenvalue weighted by atomic mass is 15.2. The van der Waals surface area contributed by atoms with E-state index in [1.165, 1.54) is 5.56 Å². The van der Waals surface area contributed by atoms with Gasteiger partial charge in [-0.25, -0.2) is 0 Å². The molecule has 0 aliphatic rings. The number of nitrogens with one attached hydrogen (secondary N) is 1. The van der Waals surface area contributed by atoms with Crippen molar-refractivity contribution in [3.8, 4) is 12.3 Å². The first-order valence-electron chi connectivity index (χ1n) is 4.83. The third kappa shape index (κ3) is 3.21. The highest BCUT2D eigenvalue weighted by Crippen LogP contribution is 2.17. The lowest BCUT2D eigenvalue weighted by Crippen LogP contribution is -2.27. The van der Waals surface area contributed by atoms with Crippen molar-refractivity contribution in [3.05, 3.63) is 35.9 Å². The number of nitrogens with two attached hydrogens (primary N) is 1. The Hall–Kier alpha value is -1.30. The highest BCUT2D eigenvalue weighted by molar-refractivity contribution is 5.18. The van der Waals surface area contributed by atoms with Crippen LogP contribution in [-0.4, -0.2) is 0 Å². The van der Waals surface area contributed by atoms with Crippen molar-refractivity contribution in [2.24, 2.45) is 5.84 Å². The fraction of sp³-hybridized carbons (Fsp3) is 0.333. The monoisotopic (exact) mass is 188 g/mol. The Kier molecular flexibility index (Phi) is 4.77. The first-order chi connectivity index (χ1) is 6.88. The quantitative estimate of drug-likeness (QED) is 0.321. The zero-order chi connectivity index (χ0) is 10.2. The van der Waals surface area contributed by atoms with Crippen LogP contribution in [-0.2, 0) is 0 Å². The molecule has 0 saturated carbocycles. The van der Waals surface area contributed by atoms with E-state index in [9.17, 15) is 0 Å². The first kappa shape index (κ1) is 10.8. The molecular formula is C12H16N2. The smallest absolute Gasteiger partial charge is 0.0460 e. The molecule has 0 aromatic heterocycles. The van der Waals surface area contributed by atoms with Crippen molar-refractivity contribution >= 4 is 0 Å². The van der Waals surface area contributed by atoms with E-state index in [0.29, 0.717) is 0 Å². The van der Waals surface area contributed by atoms with Gasteiger partial charge in [-0.15, -0.1) is 12.3 Å². The number of terminal acetylenes is 1. The van der Waals surface area contributed by atoms with Gasteiger partial charge in [0.2, 0.25) is 0 Å². The van der Waals surface area contributed by atoms with Gasteiger partial charge in [0.25, 0.3) is 0 Å². The average Bonchev–Trinajstić information content (AvgIpc) is 2.26. The molecule has 1 aromatic rings. The molecule has 0 aliphatic carbocycles. The van der Waals surface area contributed by atoms with Crippen molar-refractivity contribution in [1.82, 2.24) is 5.43 Å². The van der Waals surface area contributed by atoms with E-state index >= 15 is 0 Å². The van der Waals surface area contributed by atoms with Gasteiger partial charge in [0.15, 0.2) is 0 Å². The molecule has 2 heteroatoms. The summed E-state index contributed by atoms with van der Waals surface area (Å²) in [5.74, 6) is 8.12. The number of hydrazine groups is 1. The van der Waals surface area contributed by atoms with Gasteiger partial charge >= 0.3 is 0 Å². The second-order valence-corrected chi connectivity index (χ2v) is 3.23. The van der Waals surface area contributed by atoms with Crippen molar-refractivity contribution < 1.29 is 0 Å². The molecule has 0 radical (unpaired) electrons.